The van der Waals surface area contributed by atoms with Crippen LogP contribution in [0.25, 0.3) is 0 Å². The molecule has 0 aliphatic rings. The van der Waals surface area contributed by atoms with Gasteiger partial charge in [0.25, 0.3) is 5.69 Å². The lowest BCUT2D eigenvalue weighted by atomic mass is 10.1. The Bertz CT molecular complexity index is 879. The number of nitrogens with zero attached hydrogens (tertiary/aromatic N) is 1. The fourth-order valence-corrected chi connectivity index (χ4v) is 3.54. The van der Waals surface area contributed by atoms with Crippen LogP contribution in [0.5, 0.6) is 5.75 Å². The van der Waals surface area contributed by atoms with E-state index in [0.29, 0.717) is 16.3 Å². The average Bonchev–Trinajstić information content (AvgIpc) is 2.88. The Balaban J connectivity index is 2.27. The van der Waals surface area contributed by atoms with E-state index in [-0.39, 0.29) is 16.5 Å². The van der Waals surface area contributed by atoms with Crippen LogP contribution in [-0.4, -0.2) is 30.2 Å². The maximum absolute atomic E-state index is 12.0. The number of methoxy groups -OCH3 is 2. The summed E-state index contributed by atoms with van der Waals surface area (Å²) in [4.78, 5) is 23.6. The number of nitro groups is 1. The minimum atomic E-state index is -0.535. The minimum absolute atomic E-state index is 0.115. The molecule has 0 radical (unpaired) electrons. The smallest absolute Gasteiger partial charge is 0.341 e. The summed E-state index contributed by atoms with van der Waals surface area (Å²) in [5.74, 6) is -0.119. The summed E-state index contributed by atoms with van der Waals surface area (Å²) >= 11 is 6.59. The summed E-state index contributed by atoms with van der Waals surface area (Å²) in [5.41, 5.74) is 1.21. The van der Waals surface area contributed by atoms with E-state index in [1.54, 1.807) is 6.07 Å². The molecule has 2 rings (SSSR count). The van der Waals surface area contributed by atoms with E-state index in [9.17, 15) is 14.9 Å². The molecular weight excluding hydrogens is 378 g/mol. The van der Waals surface area contributed by atoms with E-state index in [4.69, 9.17) is 21.7 Å². The first kappa shape index (κ1) is 19.6. The number of carbonyl (C=O) groups is 1. The molecule has 138 valence electrons. The third-order valence-electron chi connectivity index (χ3n) is 3.65. The summed E-state index contributed by atoms with van der Waals surface area (Å²) in [5, 5.41) is 17.6. The van der Waals surface area contributed by atoms with Crippen molar-refractivity contribution in [3.63, 3.8) is 0 Å². The van der Waals surface area contributed by atoms with Gasteiger partial charge in [-0.2, -0.15) is 0 Å². The van der Waals surface area contributed by atoms with Gasteiger partial charge in [-0.25, -0.2) is 4.79 Å². The molecule has 0 aliphatic heterocycles. The van der Waals surface area contributed by atoms with E-state index >= 15 is 0 Å². The summed E-state index contributed by atoms with van der Waals surface area (Å²) in [6.45, 7) is 3.69. The van der Waals surface area contributed by atoms with Crippen LogP contribution in [0.3, 0.4) is 0 Å². The Morgan fingerprint density at radius 1 is 1.27 bits per heavy atom. The van der Waals surface area contributed by atoms with Gasteiger partial charge in [-0.1, -0.05) is 0 Å². The highest BCUT2D eigenvalue weighted by Gasteiger charge is 2.22. The number of esters is 1. The van der Waals surface area contributed by atoms with Crippen molar-refractivity contribution in [3.05, 3.63) is 44.3 Å². The van der Waals surface area contributed by atoms with Crippen LogP contribution in [0, 0.1) is 24.0 Å². The lowest BCUT2D eigenvalue weighted by molar-refractivity contribution is -0.384. The first-order valence-corrected chi connectivity index (χ1v) is 8.59. The summed E-state index contributed by atoms with van der Waals surface area (Å²) in [6, 6.07) is 4.37. The van der Waals surface area contributed by atoms with Crippen molar-refractivity contribution >= 4 is 51.0 Å². The molecule has 0 bridgehead atoms. The number of thiocarbonyl (C=S) groups is 1. The summed E-state index contributed by atoms with van der Waals surface area (Å²) in [7, 11) is 2.73. The zero-order valence-corrected chi connectivity index (χ0v) is 16.2. The van der Waals surface area contributed by atoms with Crippen molar-refractivity contribution in [2.24, 2.45) is 0 Å². The van der Waals surface area contributed by atoms with Crippen molar-refractivity contribution in [2.75, 3.05) is 24.9 Å². The van der Waals surface area contributed by atoms with E-state index in [2.05, 4.69) is 10.6 Å². The number of rotatable bonds is 5. The highest BCUT2D eigenvalue weighted by molar-refractivity contribution is 7.80. The zero-order valence-electron chi connectivity index (χ0n) is 14.5. The van der Waals surface area contributed by atoms with Crippen molar-refractivity contribution in [1.82, 2.24) is 0 Å². The molecule has 1 aromatic carbocycles. The van der Waals surface area contributed by atoms with Gasteiger partial charge in [0.15, 0.2) is 5.11 Å². The normalized spacial score (nSPS) is 10.2. The fraction of sp³-hybridized carbons (Fsp3) is 0.250. The van der Waals surface area contributed by atoms with Crippen molar-refractivity contribution < 1.29 is 19.2 Å². The van der Waals surface area contributed by atoms with Gasteiger partial charge in [0.1, 0.15) is 16.4 Å². The van der Waals surface area contributed by atoms with Gasteiger partial charge >= 0.3 is 5.97 Å². The van der Waals surface area contributed by atoms with E-state index in [1.807, 2.05) is 13.8 Å². The molecule has 8 nitrogen and oxygen atoms in total. The lowest BCUT2D eigenvalue weighted by Gasteiger charge is -2.11. The quantitative estimate of drug-likeness (QED) is 0.340. The predicted molar refractivity (Wildman–Crippen MR) is 105 cm³/mol. The third kappa shape index (κ3) is 4.09. The number of anilines is 2. The molecule has 1 heterocycles. The maximum atomic E-state index is 12.0. The van der Waals surface area contributed by atoms with Crippen LogP contribution in [0.4, 0.5) is 16.4 Å². The van der Waals surface area contributed by atoms with Crippen molar-refractivity contribution in [2.45, 2.75) is 13.8 Å². The van der Waals surface area contributed by atoms with Gasteiger partial charge in [-0.05, 0) is 43.8 Å². The number of thiophene rings is 1. The second-order valence-corrected chi connectivity index (χ2v) is 6.83. The standard InChI is InChI=1S/C16H17N3O5S2/c1-8-9(2)26-14(13(8)15(20)24-4)18-16(25)17-11-6-5-10(23-3)7-12(11)19(21)22/h5-7H,1-4H3,(H2,17,18,25). The molecule has 2 aromatic rings. The average molecular weight is 395 g/mol. The van der Waals surface area contributed by atoms with Crippen molar-refractivity contribution in [1.29, 1.82) is 0 Å². The monoisotopic (exact) mass is 395 g/mol. The molecule has 26 heavy (non-hydrogen) atoms. The zero-order chi connectivity index (χ0) is 19.4. The molecule has 0 spiro atoms. The molecule has 0 saturated carbocycles. The molecule has 2 N–H and O–H groups in total. The molecule has 1 aromatic heterocycles. The Labute approximate surface area is 159 Å². The van der Waals surface area contributed by atoms with Crippen LogP contribution in [0.1, 0.15) is 20.8 Å². The van der Waals surface area contributed by atoms with Crippen LogP contribution in [0.2, 0.25) is 0 Å². The SMILES string of the molecule is COC(=O)c1c(NC(=S)Nc2ccc(OC)cc2[N+](=O)[O-])sc(C)c1C. The van der Waals surface area contributed by atoms with Gasteiger partial charge in [0, 0.05) is 4.88 Å². The second kappa shape index (κ2) is 8.11. The molecule has 0 aliphatic carbocycles. The number of nitrogens with one attached hydrogen (secondary N) is 2. The van der Waals surface area contributed by atoms with Gasteiger partial charge < -0.3 is 20.1 Å². The molecule has 0 saturated heterocycles. The molecule has 0 atom stereocenters. The number of aryl methyl sites for hydroxylation is 1. The summed E-state index contributed by atoms with van der Waals surface area (Å²) in [6.07, 6.45) is 0. The Hall–Kier alpha value is -2.72. The van der Waals surface area contributed by atoms with E-state index < -0.39 is 10.9 Å². The van der Waals surface area contributed by atoms with Gasteiger partial charge in [0.2, 0.25) is 0 Å². The number of ether oxygens (including phenoxy) is 2. The van der Waals surface area contributed by atoms with Gasteiger partial charge in [-0.15, -0.1) is 11.3 Å². The summed E-state index contributed by atoms with van der Waals surface area (Å²) < 4.78 is 9.81. The highest BCUT2D eigenvalue weighted by Crippen LogP contribution is 2.34. The number of hydrogen-bond donors (Lipinski definition) is 2. The molecule has 0 fully saturated rings. The third-order valence-corrected chi connectivity index (χ3v) is 4.98. The molecule has 0 unspecified atom stereocenters. The first-order chi connectivity index (χ1) is 12.3. The fourth-order valence-electron chi connectivity index (χ4n) is 2.21. The molecule has 0 amide bonds. The highest BCUT2D eigenvalue weighted by atomic mass is 32.1. The topological polar surface area (TPSA) is 103 Å². The largest absolute Gasteiger partial charge is 0.496 e. The second-order valence-electron chi connectivity index (χ2n) is 5.20. The molecular formula is C16H17N3O5S2. The lowest BCUT2D eigenvalue weighted by Crippen LogP contribution is -2.20. The van der Waals surface area contributed by atoms with E-state index in [0.717, 1.165) is 10.4 Å². The van der Waals surface area contributed by atoms with Crippen LogP contribution >= 0.6 is 23.6 Å². The number of benzene rings is 1. The molecule has 10 heteroatoms. The Kier molecular flexibility index (Phi) is 6.11. The van der Waals surface area contributed by atoms with Crippen LogP contribution in [0.15, 0.2) is 18.2 Å². The first-order valence-electron chi connectivity index (χ1n) is 7.37. The number of hydrogen-bond acceptors (Lipinski definition) is 7. The number of nitro benzene ring substituents is 1. The van der Waals surface area contributed by atoms with Crippen molar-refractivity contribution in [3.8, 4) is 5.75 Å². The van der Waals surface area contributed by atoms with Crippen LogP contribution < -0.4 is 15.4 Å². The maximum Gasteiger partial charge on any atom is 0.341 e. The van der Waals surface area contributed by atoms with Gasteiger partial charge in [-0.3, -0.25) is 10.1 Å². The Morgan fingerprint density at radius 2 is 1.96 bits per heavy atom. The Morgan fingerprint density at radius 3 is 2.54 bits per heavy atom. The van der Waals surface area contributed by atoms with Crippen LogP contribution in [-0.2, 0) is 4.74 Å². The van der Waals surface area contributed by atoms with Gasteiger partial charge in [0.05, 0.1) is 30.8 Å². The number of carbonyl (C=O) groups excluding carboxylic acids is 1. The minimum Gasteiger partial charge on any atom is -0.496 e. The predicted octanol–water partition coefficient (Wildman–Crippen LogP) is 3.88. The van der Waals surface area contributed by atoms with E-state index in [1.165, 1.54) is 37.7 Å².